The van der Waals surface area contributed by atoms with Crippen LogP contribution >= 0.6 is 0 Å². The molecule has 0 radical (unpaired) electrons. The van der Waals surface area contributed by atoms with Crippen molar-refractivity contribution in [3.63, 3.8) is 0 Å². The fraction of sp³-hybridized carbons (Fsp3) is 0.500. The lowest BCUT2D eigenvalue weighted by atomic mass is 9.99. The van der Waals surface area contributed by atoms with Crippen molar-refractivity contribution in [1.82, 2.24) is 10.2 Å². The summed E-state index contributed by atoms with van der Waals surface area (Å²) in [6.07, 6.45) is -0.871. The highest BCUT2D eigenvalue weighted by molar-refractivity contribution is 5.78. The zero-order valence-corrected chi connectivity index (χ0v) is 13.4. The van der Waals surface area contributed by atoms with Crippen LogP contribution < -0.4 is 5.32 Å². The Kier molecular flexibility index (Phi) is 7.47. The maximum absolute atomic E-state index is 13.6. The monoisotopic (exact) mass is 326 g/mol. The molecule has 128 valence electrons. The van der Waals surface area contributed by atoms with E-state index in [4.69, 9.17) is 10.2 Å². The van der Waals surface area contributed by atoms with Gasteiger partial charge in [0.2, 0.25) is 5.91 Å². The van der Waals surface area contributed by atoms with Crippen LogP contribution in [-0.2, 0) is 11.2 Å². The van der Waals surface area contributed by atoms with Gasteiger partial charge in [-0.1, -0.05) is 19.1 Å². The largest absolute Gasteiger partial charge is 0.465 e. The van der Waals surface area contributed by atoms with E-state index in [-0.39, 0.29) is 31.3 Å². The lowest BCUT2D eigenvalue weighted by Gasteiger charge is -2.24. The maximum atomic E-state index is 13.6. The van der Waals surface area contributed by atoms with Crippen LogP contribution in [0.15, 0.2) is 18.2 Å². The number of carbonyl (C=O) groups excluding carboxylic acids is 1. The van der Waals surface area contributed by atoms with Crippen LogP contribution in [0.5, 0.6) is 0 Å². The van der Waals surface area contributed by atoms with Crippen molar-refractivity contribution < 1.29 is 24.2 Å². The topological polar surface area (TPSA) is 89.9 Å². The van der Waals surface area contributed by atoms with E-state index >= 15 is 0 Å². The standard InChI is InChI=1S/C16H23FN2O4/c1-3-11-9-12(5-6-13(11)17)14(18-16(22)23)10-15(21)19(4-2)7-8-20/h5-6,9,14,18,20H,3-4,7-8,10H2,1-2H3,(H,22,23). The van der Waals surface area contributed by atoms with E-state index in [1.54, 1.807) is 19.9 Å². The highest BCUT2D eigenvalue weighted by Crippen LogP contribution is 2.21. The molecule has 0 aliphatic carbocycles. The predicted molar refractivity (Wildman–Crippen MR) is 83.6 cm³/mol. The number of hydrogen-bond acceptors (Lipinski definition) is 3. The first-order valence-electron chi connectivity index (χ1n) is 7.59. The van der Waals surface area contributed by atoms with Gasteiger partial charge < -0.3 is 20.4 Å². The molecule has 7 heteroatoms. The Hall–Kier alpha value is -2.15. The van der Waals surface area contributed by atoms with Crippen molar-refractivity contribution in [3.8, 4) is 0 Å². The number of aliphatic hydroxyl groups is 1. The SMILES string of the molecule is CCc1cc(C(CC(=O)N(CC)CCO)NC(=O)O)ccc1F. The van der Waals surface area contributed by atoms with Crippen molar-refractivity contribution in [2.75, 3.05) is 19.7 Å². The minimum Gasteiger partial charge on any atom is -0.465 e. The van der Waals surface area contributed by atoms with Gasteiger partial charge in [-0.3, -0.25) is 4.79 Å². The summed E-state index contributed by atoms with van der Waals surface area (Å²) in [5.74, 6) is -0.630. The van der Waals surface area contributed by atoms with Crippen molar-refractivity contribution in [2.24, 2.45) is 0 Å². The molecule has 0 spiro atoms. The van der Waals surface area contributed by atoms with Crippen LogP contribution in [0.25, 0.3) is 0 Å². The molecule has 3 N–H and O–H groups in total. The number of carbonyl (C=O) groups is 2. The van der Waals surface area contributed by atoms with Gasteiger partial charge in [-0.25, -0.2) is 9.18 Å². The van der Waals surface area contributed by atoms with Gasteiger partial charge in [-0.15, -0.1) is 0 Å². The number of nitrogens with one attached hydrogen (secondary N) is 1. The molecule has 0 saturated carbocycles. The summed E-state index contributed by atoms with van der Waals surface area (Å²) in [7, 11) is 0. The molecule has 6 nitrogen and oxygen atoms in total. The van der Waals surface area contributed by atoms with E-state index in [1.165, 1.54) is 17.0 Å². The molecule has 23 heavy (non-hydrogen) atoms. The minimum absolute atomic E-state index is 0.0884. The van der Waals surface area contributed by atoms with Crippen LogP contribution in [0.3, 0.4) is 0 Å². The van der Waals surface area contributed by atoms with Gasteiger partial charge in [-0.05, 0) is 30.5 Å². The molecule has 1 aromatic rings. The molecular weight excluding hydrogens is 303 g/mol. The zero-order chi connectivity index (χ0) is 17.4. The summed E-state index contributed by atoms with van der Waals surface area (Å²) < 4.78 is 13.6. The number of rotatable bonds is 8. The number of likely N-dealkylation sites (N-methyl/N-ethyl adjacent to an activating group) is 1. The molecular formula is C16H23FN2O4. The molecule has 0 saturated heterocycles. The molecule has 0 heterocycles. The minimum atomic E-state index is -1.25. The molecule has 2 amide bonds. The molecule has 1 unspecified atom stereocenters. The summed E-state index contributed by atoms with van der Waals surface area (Å²) in [5.41, 5.74) is 1.01. The van der Waals surface area contributed by atoms with Crippen molar-refractivity contribution in [3.05, 3.63) is 35.1 Å². The summed E-state index contributed by atoms with van der Waals surface area (Å²) >= 11 is 0. The quantitative estimate of drug-likeness (QED) is 0.681. The summed E-state index contributed by atoms with van der Waals surface area (Å²) in [6, 6.07) is 3.56. The van der Waals surface area contributed by atoms with Gasteiger partial charge in [0.15, 0.2) is 0 Å². The van der Waals surface area contributed by atoms with Gasteiger partial charge in [-0.2, -0.15) is 0 Å². The molecule has 0 aromatic heterocycles. The summed E-state index contributed by atoms with van der Waals surface area (Å²) in [6.45, 7) is 4.03. The number of carboxylic acid groups (broad SMARTS) is 1. The van der Waals surface area contributed by atoms with E-state index in [1.807, 2.05) is 0 Å². The van der Waals surface area contributed by atoms with Crippen LogP contribution in [0, 0.1) is 5.82 Å². The fourth-order valence-corrected chi connectivity index (χ4v) is 2.37. The third-order valence-corrected chi connectivity index (χ3v) is 3.63. The third-order valence-electron chi connectivity index (χ3n) is 3.63. The molecule has 1 aromatic carbocycles. The molecule has 0 aliphatic rings. The predicted octanol–water partition coefficient (Wildman–Crippen LogP) is 1.93. The Labute approximate surface area is 134 Å². The van der Waals surface area contributed by atoms with Crippen LogP contribution in [0.2, 0.25) is 0 Å². The van der Waals surface area contributed by atoms with Gasteiger partial charge in [0.25, 0.3) is 0 Å². The number of aryl methyl sites for hydroxylation is 1. The van der Waals surface area contributed by atoms with E-state index in [9.17, 15) is 14.0 Å². The Bertz CT molecular complexity index is 551. The second kappa shape index (κ2) is 9.09. The third kappa shape index (κ3) is 5.52. The van der Waals surface area contributed by atoms with E-state index < -0.39 is 12.1 Å². The van der Waals surface area contributed by atoms with Gasteiger partial charge in [0.05, 0.1) is 19.1 Å². The fourth-order valence-electron chi connectivity index (χ4n) is 2.37. The number of benzene rings is 1. The van der Waals surface area contributed by atoms with Crippen LogP contribution in [-0.4, -0.2) is 46.8 Å². The van der Waals surface area contributed by atoms with E-state index in [0.29, 0.717) is 24.1 Å². The van der Waals surface area contributed by atoms with Gasteiger partial charge in [0.1, 0.15) is 5.82 Å². The molecule has 0 bridgehead atoms. The van der Waals surface area contributed by atoms with E-state index in [2.05, 4.69) is 5.32 Å². The van der Waals surface area contributed by atoms with Gasteiger partial charge >= 0.3 is 6.09 Å². The first kappa shape index (κ1) is 18.9. The highest BCUT2D eigenvalue weighted by atomic mass is 19.1. The van der Waals surface area contributed by atoms with Crippen molar-refractivity contribution in [2.45, 2.75) is 32.7 Å². The lowest BCUT2D eigenvalue weighted by molar-refractivity contribution is -0.132. The number of halogens is 1. The lowest BCUT2D eigenvalue weighted by Crippen LogP contribution is -2.37. The number of hydrogen-bond donors (Lipinski definition) is 3. The Morgan fingerprint density at radius 2 is 2.04 bits per heavy atom. The smallest absolute Gasteiger partial charge is 0.405 e. The van der Waals surface area contributed by atoms with E-state index in [0.717, 1.165) is 0 Å². The average Bonchev–Trinajstić information content (AvgIpc) is 2.51. The summed E-state index contributed by atoms with van der Waals surface area (Å²) in [4.78, 5) is 24.7. The first-order chi connectivity index (χ1) is 10.9. The molecule has 1 rings (SSSR count). The second-order valence-corrected chi connectivity index (χ2v) is 5.11. The normalized spacial score (nSPS) is 11.8. The molecule has 0 aliphatic heterocycles. The second-order valence-electron chi connectivity index (χ2n) is 5.11. The van der Waals surface area contributed by atoms with Gasteiger partial charge in [0, 0.05) is 13.1 Å². The highest BCUT2D eigenvalue weighted by Gasteiger charge is 2.22. The number of nitrogens with zero attached hydrogens (tertiary/aromatic N) is 1. The van der Waals surface area contributed by atoms with Crippen molar-refractivity contribution >= 4 is 12.0 Å². The molecule has 0 fully saturated rings. The Balaban J connectivity index is 3.00. The van der Waals surface area contributed by atoms with Crippen LogP contribution in [0.1, 0.15) is 37.4 Å². The Morgan fingerprint density at radius 1 is 1.35 bits per heavy atom. The average molecular weight is 326 g/mol. The Morgan fingerprint density at radius 3 is 2.57 bits per heavy atom. The molecule has 1 atom stereocenters. The van der Waals surface area contributed by atoms with Crippen LogP contribution in [0.4, 0.5) is 9.18 Å². The van der Waals surface area contributed by atoms with Crippen molar-refractivity contribution in [1.29, 1.82) is 0 Å². The maximum Gasteiger partial charge on any atom is 0.405 e. The first-order valence-corrected chi connectivity index (χ1v) is 7.59. The zero-order valence-electron chi connectivity index (χ0n) is 13.4. The number of amides is 2. The summed E-state index contributed by atoms with van der Waals surface area (Å²) in [5, 5.41) is 20.3. The number of aliphatic hydroxyl groups excluding tert-OH is 1.